The van der Waals surface area contributed by atoms with Crippen molar-refractivity contribution in [2.45, 2.75) is 33.4 Å². The standard InChI is InChI=1S/C22H22N2O5/c1-5-24-19-11-8-16(12-18(19)23-13(2)21(24)26)22(27)29-14(3)20(25)15-6-9-17(28-4)10-7-15/h6-12,14H,5H2,1-4H3/t14-/m0/s1. The first kappa shape index (κ1) is 20.3. The molecule has 0 aliphatic rings. The van der Waals surface area contributed by atoms with E-state index in [1.165, 1.54) is 6.92 Å². The van der Waals surface area contributed by atoms with Gasteiger partial charge in [-0.15, -0.1) is 0 Å². The van der Waals surface area contributed by atoms with E-state index >= 15 is 0 Å². The number of ether oxygens (including phenoxy) is 2. The molecule has 0 aliphatic carbocycles. The highest BCUT2D eigenvalue weighted by Gasteiger charge is 2.21. The molecule has 2 aromatic carbocycles. The van der Waals surface area contributed by atoms with Gasteiger partial charge in [0.05, 0.1) is 23.7 Å². The summed E-state index contributed by atoms with van der Waals surface area (Å²) in [4.78, 5) is 41.5. The van der Waals surface area contributed by atoms with Crippen molar-refractivity contribution >= 4 is 22.8 Å². The highest BCUT2D eigenvalue weighted by atomic mass is 16.5. The molecule has 0 aliphatic heterocycles. The van der Waals surface area contributed by atoms with Gasteiger partial charge < -0.3 is 14.0 Å². The van der Waals surface area contributed by atoms with Crippen LogP contribution in [0.5, 0.6) is 5.75 Å². The molecule has 1 atom stereocenters. The molecule has 7 nitrogen and oxygen atoms in total. The van der Waals surface area contributed by atoms with Crippen molar-refractivity contribution in [3.63, 3.8) is 0 Å². The number of nitrogens with zero attached hydrogens (tertiary/aromatic N) is 2. The zero-order chi connectivity index (χ0) is 21.1. The molecule has 150 valence electrons. The van der Waals surface area contributed by atoms with Gasteiger partial charge in [0.1, 0.15) is 11.4 Å². The number of Topliss-reactive ketones (excluding diaryl/α,β-unsaturated/α-hetero) is 1. The van der Waals surface area contributed by atoms with Crippen molar-refractivity contribution in [2.24, 2.45) is 0 Å². The minimum atomic E-state index is -0.953. The SMILES string of the molecule is CCn1c(=O)c(C)nc2cc(C(=O)O[C@@H](C)C(=O)c3ccc(OC)cc3)ccc21. The lowest BCUT2D eigenvalue weighted by Gasteiger charge is -2.14. The van der Waals surface area contributed by atoms with Crippen molar-refractivity contribution in [1.82, 2.24) is 9.55 Å². The third-order valence-corrected chi connectivity index (χ3v) is 4.69. The number of aromatic nitrogens is 2. The van der Waals surface area contributed by atoms with Gasteiger partial charge in [0, 0.05) is 12.1 Å². The van der Waals surface area contributed by atoms with Crippen molar-refractivity contribution < 1.29 is 19.1 Å². The van der Waals surface area contributed by atoms with Gasteiger partial charge in [-0.1, -0.05) is 0 Å². The molecule has 3 aromatic rings. The number of aryl methyl sites for hydroxylation is 2. The van der Waals surface area contributed by atoms with E-state index in [2.05, 4.69) is 4.98 Å². The van der Waals surface area contributed by atoms with E-state index in [-0.39, 0.29) is 16.9 Å². The lowest BCUT2D eigenvalue weighted by molar-refractivity contribution is 0.0319. The third kappa shape index (κ3) is 4.03. The number of hydrogen-bond donors (Lipinski definition) is 0. The summed E-state index contributed by atoms with van der Waals surface area (Å²) < 4.78 is 12.0. The first-order valence-corrected chi connectivity index (χ1v) is 9.26. The largest absolute Gasteiger partial charge is 0.497 e. The Bertz CT molecular complexity index is 1130. The Labute approximate surface area is 167 Å². The molecule has 0 saturated carbocycles. The van der Waals surface area contributed by atoms with Crippen LogP contribution < -0.4 is 10.3 Å². The molecule has 0 radical (unpaired) electrons. The molecule has 0 unspecified atom stereocenters. The van der Waals surface area contributed by atoms with Gasteiger partial charge in [0.15, 0.2) is 6.10 Å². The van der Waals surface area contributed by atoms with E-state index < -0.39 is 12.1 Å². The summed E-state index contributed by atoms with van der Waals surface area (Å²) in [5, 5.41) is 0. The number of hydrogen-bond acceptors (Lipinski definition) is 6. The van der Waals surface area contributed by atoms with Crippen LogP contribution in [0.15, 0.2) is 47.3 Å². The lowest BCUT2D eigenvalue weighted by atomic mass is 10.1. The molecule has 1 aromatic heterocycles. The van der Waals surface area contributed by atoms with E-state index in [4.69, 9.17) is 9.47 Å². The van der Waals surface area contributed by atoms with Crippen LogP contribution in [0.3, 0.4) is 0 Å². The second-order valence-corrected chi connectivity index (χ2v) is 6.59. The zero-order valence-corrected chi connectivity index (χ0v) is 16.8. The molecule has 1 heterocycles. The Morgan fingerprint density at radius 1 is 1.10 bits per heavy atom. The molecular weight excluding hydrogens is 372 g/mol. The van der Waals surface area contributed by atoms with Gasteiger partial charge in [-0.25, -0.2) is 9.78 Å². The molecule has 7 heteroatoms. The summed E-state index contributed by atoms with van der Waals surface area (Å²) in [5.74, 6) is -0.304. The van der Waals surface area contributed by atoms with Crippen LogP contribution in [0.1, 0.15) is 40.3 Å². The Morgan fingerprint density at radius 2 is 1.76 bits per heavy atom. The molecule has 3 rings (SSSR count). The summed E-state index contributed by atoms with van der Waals surface area (Å²) >= 11 is 0. The quantitative estimate of drug-likeness (QED) is 0.471. The predicted octanol–water partition coefficient (Wildman–Crippen LogP) is 3.16. The van der Waals surface area contributed by atoms with Crippen LogP contribution in [0.4, 0.5) is 0 Å². The van der Waals surface area contributed by atoms with E-state index in [0.29, 0.717) is 34.6 Å². The number of carbonyl (C=O) groups excluding carboxylic acids is 2. The Balaban J connectivity index is 1.82. The van der Waals surface area contributed by atoms with Gasteiger partial charge in [0.25, 0.3) is 5.56 Å². The summed E-state index contributed by atoms with van der Waals surface area (Å²) in [6.07, 6.45) is -0.953. The van der Waals surface area contributed by atoms with Crippen molar-refractivity contribution in [3.8, 4) is 5.75 Å². The summed E-state index contributed by atoms with van der Waals surface area (Å²) in [7, 11) is 1.54. The number of carbonyl (C=O) groups is 2. The second-order valence-electron chi connectivity index (χ2n) is 6.59. The van der Waals surface area contributed by atoms with E-state index in [1.807, 2.05) is 6.92 Å². The third-order valence-electron chi connectivity index (χ3n) is 4.69. The maximum Gasteiger partial charge on any atom is 0.338 e. The van der Waals surface area contributed by atoms with Gasteiger partial charge in [-0.3, -0.25) is 9.59 Å². The number of rotatable bonds is 6. The molecule has 0 saturated heterocycles. The van der Waals surface area contributed by atoms with Gasteiger partial charge in [-0.2, -0.15) is 0 Å². The molecule has 0 spiro atoms. The van der Waals surface area contributed by atoms with Crippen molar-refractivity contribution in [3.05, 3.63) is 69.6 Å². The van der Waals surface area contributed by atoms with Crippen LogP contribution in [0.2, 0.25) is 0 Å². The first-order chi connectivity index (χ1) is 13.8. The number of benzene rings is 2. The average Bonchev–Trinajstić information content (AvgIpc) is 2.73. The summed E-state index contributed by atoms with van der Waals surface area (Å²) in [6.45, 7) is 5.53. The molecule has 29 heavy (non-hydrogen) atoms. The second kappa shape index (κ2) is 8.26. The lowest BCUT2D eigenvalue weighted by Crippen LogP contribution is -2.25. The van der Waals surface area contributed by atoms with Crippen molar-refractivity contribution in [2.75, 3.05) is 7.11 Å². The fourth-order valence-corrected chi connectivity index (χ4v) is 3.09. The monoisotopic (exact) mass is 394 g/mol. The molecule has 0 amide bonds. The van der Waals surface area contributed by atoms with Crippen LogP contribution in [-0.2, 0) is 11.3 Å². The summed E-state index contributed by atoms with van der Waals surface area (Å²) in [6, 6.07) is 11.4. The first-order valence-electron chi connectivity index (χ1n) is 9.26. The Morgan fingerprint density at radius 3 is 2.38 bits per heavy atom. The van der Waals surface area contributed by atoms with E-state index in [0.717, 1.165) is 0 Å². The van der Waals surface area contributed by atoms with Crippen LogP contribution in [0.25, 0.3) is 11.0 Å². The molecule has 0 fully saturated rings. The van der Waals surface area contributed by atoms with E-state index in [1.54, 1.807) is 61.1 Å². The minimum absolute atomic E-state index is 0.158. The predicted molar refractivity (Wildman–Crippen MR) is 109 cm³/mol. The maximum atomic E-state index is 12.6. The Kier molecular flexibility index (Phi) is 5.77. The zero-order valence-electron chi connectivity index (χ0n) is 16.8. The highest BCUT2D eigenvalue weighted by Crippen LogP contribution is 2.17. The molecule has 0 N–H and O–H groups in total. The normalized spacial score (nSPS) is 11.9. The van der Waals surface area contributed by atoms with Gasteiger partial charge in [0.2, 0.25) is 5.78 Å². The van der Waals surface area contributed by atoms with Crippen molar-refractivity contribution in [1.29, 1.82) is 0 Å². The Hall–Kier alpha value is -3.48. The average molecular weight is 394 g/mol. The molecule has 0 bridgehead atoms. The van der Waals surface area contributed by atoms with Gasteiger partial charge in [-0.05, 0) is 63.2 Å². The topological polar surface area (TPSA) is 87.5 Å². The number of esters is 1. The fourth-order valence-electron chi connectivity index (χ4n) is 3.09. The van der Waals surface area contributed by atoms with Crippen LogP contribution in [-0.4, -0.2) is 34.5 Å². The number of ketones is 1. The smallest absolute Gasteiger partial charge is 0.338 e. The minimum Gasteiger partial charge on any atom is -0.497 e. The van der Waals surface area contributed by atoms with Crippen LogP contribution >= 0.6 is 0 Å². The van der Waals surface area contributed by atoms with Gasteiger partial charge >= 0.3 is 5.97 Å². The van der Waals surface area contributed by atoms with E-state index in [9.17, 15) is 14.4 Å². The number of fused-ring (bicyclic) bond motifs is 1. The van der Waals surface area contributed by atoms with Crippen LogP contribution in [0, 0.1) is 6.92 Å². The molecular formula is C22H22N2O5. The summed E-state index contributed by atoms with van der Waals surface area (Å²) in [5.41, 5.74) is 2.05. The fraction of sp³-hybridized carbons (Fsp3) is 0.273. The maximum absolute atomic E-state index is 12.6. The highest BCUT2D eigenvalue weighted by molar-refractivity contribution is 6.02. The number of methoxy groups -OCH3 is 1.